The number of carbonyl (C=O) groups excluding carboxylic acids is 1. The Morgan fingerprint density at radius 2 is 2.00 bits per heavy atom. The Hall–Kier alpha value is -1.55. The minimum atomic E-state index is -0.137. The second kappa shape index (κ2) is 5.61. The molecule has 104 valence electrons. The number of carbonyl (C=O) groups is 1. The molecule has 0 heterocycles. The van der Waals surface area contributed by atoms with E-state index in [0.717, 1.165) is 17.8 Å². The van der Waals surface area contributed by atoms with E-state index in [2.05, 4.69) is 17.6 Å². The van der Waals surface area contributed by atoms with Crippen molar-refractivity contribution < 1.29 is 4.79 Å². The standard InChI is InChI=1S/C15H23N3O/c1-11(16)12-4-6-13(7-5-12)18-14(19)17-10-15(2)8-3-9-15/h4-7,11H,3,8-10,16H2,1-2H3,(H2,17,18,19). The number of nitrogens with one attached hydrogen (secondary N) is 2. The molecule has 1 fully saturated rings. The number of nitrogens with two attached hydrogens (primary N) is 1. The molecule has 4 heteroatoms. The number of amides is 2. The van der Waals surface area contributed by atoms with Crippen molar-refractivity contribution in [1.82, 2.24) is 5.32 Å². The smallest absolute Gasteiger partial charge is 0.319 e. The normalized spacial score (nSPS) is 18.3. The van der Waals surface area contributed by atoms with E-state index >= 15 is 0 Å². The van der Waals surface area contributed by atoms with E-state index in [1.165, 1.54) is 19.3 Å². The van der Waals surface area contributed by atoms with Crippen molar-refractivity contribution >= 4 is 11.7 Å². The first-order chi connectivity index (χ1) is 8.98. The van der Waals surface area contributed by atoms with E-state index in [1.807, 2.05) is 31.2 Å². The second-order valence-electron chi connectivity index (χ2n) is 5.88. The number of benzene rings is 1. The highest BCUT2D eigenvalue weighted by atomic mass is 16.2. The summed E-state index contributed by atoms with van der Waals surface area (Å²) in [5, 5.41) is 5.77. The van der Waals surface area contributed by atoms with Gasteiger partial charge >= 0.3 is 6.03 Å². The summed E-state index contributed by atoms with van der Waals surface area (Å²) in [4.78, 5) is 11.8. The summed E-state index contributed by atoms with van der Waals surface area (Å²) >= 11 is 0. The van der Waals surface area contributed by atoms with Gasteiger partial charge in [0.1, 0.15) is 0 Å². The van der Waals surface area contributed by atoms with E-state index in [0.29, 0.717) is 5.41 Å². The second-order valence-corrected chi connectivity index (χ2v) is 5.88. The first kappa shape index (κ1) is 13.9. The fourth-order valence-electron chi connectivity index (χ4n) is 2.30. The number of hydrogen-bond donors (Lipinski definition) is 3. The van der Waals surface area contributed by atoms with E-state index < -0.39 is 0 Å². The first-order valence-electron chi connectivity index (χ1n) is 6.89. The summed E-state index contributed by atoms with van der Waals surface area (Å²) in [6.07, 6.45) is 3.69. The summed E-state index contributed by atoms with van der Waals surface area (Å²) in [6.45, 7) is 4.90. The number of rotatable bonds is 4. The van der Waals surface area contributed by atoms with Gasteiger partial charge in [0.15, 0.2) is 0 Å². The molecule has 1 aromatic carbocycles. The molecule has 0 radical (unpaired) electrons. The SMILES string of the molecule is CC(N)c1ccc(NC(=O)NCC2(C)CCC2)cc1. The molecule has 1 aromatic rings. The van der Waals surface area contributed by atoms with Gasteiger partial charge in [-0.25, -0.2) is 4.79 Å². The van der Waals surface area contributed by atoms with Crippen molar-refractivity contribution in [2.24, 2.45) is 11.1 Å². The number of hydrogen-bond acceptors (Lipinski definition) is 2. The zero-order chi connectivity index (χ0) is 13.9. The van der Waals surface area contributed by atoms with Gasteiger partial charge in [-0.15, -0.1) is 0 Å². The Morgan fingerprint density at radius 1 is 1.37 bits per heavy atom. The van der Waals surface area contributed by atoms with Crippen LogP contribution in [0.4, 0.5) is 10.5 Å². The highest BCUT2D eigenvalue weighted by molar-refractivity contribution is 5.89. The van der Waals surface area contributed by atoms with Crippen LogP contribution in [0.2, 0.25) is 0 Å². The van der Waals surface area contributed by atoms with Gasteiger partial charge < -0.3 is 16.4 Å². The Kier molecular flexibility index (Phi) is 4.10. The molecule has 1 saturated carbocycles. The predicted octanol–water partition coefficient (Wildman–Crippen LogP) is 3.02. The van der Waals surface area contributed by atoms with Crippen LogP contribution >= 0.6 is 0 Å². The minimum absolute atomic E-state index is 0.0152. The lowest BCUT2D eigenvalue weighted by Gasteiger charge is -2.38. The van der Waals surface area contributed by atoms with Crippen molar-refractivity contribution in [2.45, 2.75) is 39.2 Å². The maximum atomic E-state index is 11.8. The summed E-state index contributed by atoms with van der Waals surface area (Å²) in [5.74, 6) is 0. The third-order valence-electron chi connectivity index (χ3n) is 3.93. The predicted molar refractivity (Wildman–Crippen MR) is 78.0 cm³/mol. The lowest BCUT2D eigenvalue weighted by atomic mass is 9.70. The molecule has 0 saturated heterocycles. The Bertz CT molecular complexity index is 435. The topological polar surface area (TPSA) is 67.1 Å². The largest absolute Gasteiger partial charge is 0.337 e. The van der Waals surface area contributed by atoms with Crippen molar-refractivity contribution in [3.8, 4) is 0 Å². The van der Waals surface area contributed by atoms with Gasteiger partial charge in [-0.1, -0.05) is 25.5 Å². The van der Waals surface area contributed by atoms with Gasteiger partial charge in [0, 0.05) is 18.3 Å². The van der Waals surface area contributed by atoms with Crippen molar-refractivity contribution in [3.63, 3.8) is 0 Å². The van der Waals surface area contributed by atoms with Crippen LogP contribution in [0.3, 0.4) is 0 Å². The van der Waals surface area contributed by atoms with E-state index in [-0.39, 0.29) is 12.1 Å². The molecule has 1 aliphatic rings. The molecule has 1 aliphatic carbocycles. The molecular weight excluding hydrogens is 238 g/mol. The first-order valence-corrected chi connectivity index (χ1v) is 6.89. The summed E-state index contributed by atoms with van der Waals surface area (Å²) < 4.78 is 0. The molecule has 19 heavy (non-hydrogen) atoms. The van der Waals surface area contributed by atoms with Crippen LogP contribution in [0.5, 0.6) is 0 Å². The molecule has 2 amide bonds. The Balaban J connectivity index is 1.81. The van der Waals surface area contributed by atoms with Crippen LogP contribution < -0.4 is 16.4 Å². The molecule has 0 aliphatic heterocycles. The quantitative estimate of drug-likeness (QED) is 0.780. The van der Waals surface area contributed by atoms with Crippen molar-refractivity contribution in [2.75, 3.05) is 11.9 Å². The average molecular weight is 261 g/mol. The van der Waals surface area contributed by atoms with E-state index in [1.54, 1.807) is 0 Å². The molecule has 2 rings (SSSR count). The molecule has 0 bridgehead atoms. The summed E-state index contributed by atoms with van der Waals surface area (Å²) in [7, 11) is 0. The van der Waals surface area contributed by atoms with Crippen molar-refractivity contribution in [1.29, 1.82) is 0 Å². The molecule has 1 atom stereocenters. The van der Waals surface area contributed by atoms with Crippen LogP contribution in [0.1, 0.15) is 44.7 Å². The summed E-state index contributed by atoms with van der Waals surface area (Å²) in [6, 6.07) is 7.51. The molecule has 4 nitrogen and oxygen atoms in total. The fourth-order valence-corrected chi connectivity index (χ4v) is 2.30. The zero-order valence-corrected chi connectivity index (χ0v) is 11.7. The average Bonchev–Trinajstić information content (AvgIpc) is 2.35. The lowest BCUT2D eigenvalue weighted by molar-refractivity contribution is 0.159. The van der Waals surface area contributed by atoms with E-state index in [9.17, 15) is 4.79 Å². The van der Waals surface area contributed by atoms with Crippen LogP contribution in [0, 0.1) is 5.41 Å². The van der Waals surface area contributed by atoms with Gasteiger partial charge in [0.2, 0.25) is 0 Å². The minimum Gasteiger partial charge on any atom is -0.337 e. The van der Waals surface area contributed by atoms with Gasteiger partial charge in [-0.3, -0.25) is 0 Å². The van der Waals surface area contributed by atoms with Crippen molar-refractivity contribution in [3.05, 3.63) is 29.8 Å². The third-order valence-corrected chi connectivity index (χ3v) is 3.93. The molecule has 0 aromatic heterocycles. The van der Waals surface area contributed by atoms with Crippen LogP contribution in [0.15, 0.2) is 24.3 Å². The summed E-state index contributed by atoms with van der Waals surface area (Å²) in [5.41, 5.74) is 7.94. The van der Waals surface area contributed by atoms with Crippen LogP contribution in [0.25, 0.3) is 0 Å². The highest BCUT2D eigenvalue weighted by Crippen LogP contribution is 2.39. The zero-order valence-electron chi connectivity index (χ0n) is 11.7. The van der Waals surface area contributed by atoms with Crippen LogP contribution in [-0.2, 0) is 0 Å². The number of urea groups is 1. The molecule has 0 spiro atoms. The maximum Gasteiger partial charge on any atom is 0.319 e. The van der Waals surface area contributed by atoms with E-state index in [4.69, 9.17) is 5.73 Å². The maximum absolute atomic E-state index is 11.8. The fraction of sp³-hybridized carbons (Fsp3) is 0.533. The Labute approximate surface area is 114 Å². The van der Waals surface area contributed by atoms with Gasteiger partial charge in [0.25, 0.3) is 0 Å². The third kappa shape index (κ3) is 3.70. The molecule has 4 N–H and O–H groups in total. The monoisotopic (exact) mass is 261 g/mol. The molecule has 1 unspecified atom stereocenters. The number of anilines is 1. The lowest BCUT2D eigenvalue weighted by Crippen LogP contribution is -2.41. The van der Waals surface area contributed by atoms with Crippen LogP contribution in [-0.4, -0.2) is 12.6 Å². The Morgan fingerprint density at radius 3 is 2.47 bits per heavy atom. The molecular formula is C15H23N3O. The highest BCUT2D eigenvalue weighted by Gasteiger charge is 2.31. The van der Waals surface area contributed by atoms with Gasteiger partial charge in [-0.2, -0.15) is 0 Å². The van der Waals surface area contributed by atoms with Gasteiger partial charge in [-0.05, 0) is 42.9 Å². The van der Waals surface area contributed by atoms with Gasteiger partial charge in [0.05, 0.1) is 0 Å².